The highest BCUT2D eigenvalue weighted by Crippen LogP contribution is 2.42. The Morgan fingerprint density at radius 3 is 2.43 bits per heavy atom. The van der Waals surface area contributed by atoms with Crippen LogP contribution in [0.4, 0.5) is 0 Å². The van der Waals surface area contributed by atoms with Crippen molar-refractivity contribution in [3.8, 4) is 0 Å². The highest BCUT2D eigenvalue weighted by atomic mass is 35.5. The van der Waals surface area contributed by atoms with Crippen LogP contribution in [0.15, 0.2) is 24.3 Å². The van der Waals surface area contributed by atoms with E-state index in [0.29, 0.717) is 5.41 Å². The van der Waals surface area contributed by atoms with Crippen molar-refractivity contribution in [2.75, 3.05) is 13.1 Å². The lowest BCUT2D eigenvalue weighted by molar-refractivity contribution is 0.172. The normalized spacial score (nSPS) is 21.4. The van der Waals surface area contributed by atoms with Crippen molar-refractivity contribution in [2.45, 2.75) is 58.5 Å². The standard InChI is InChI=1S/C18H29ClN2/c1-4-16(20)17(14-9-7-8-10-15(14)19)21-12-11-18(5-2,6-3)13-21/h7-10,16-17H,4-6,11-13,20H2,1-3H3. The number of nitrogens with zero attached hydrogens (tertiary/aromatic N) is 1. The predicted octanol–water partition coefficient (Wildman–Crippen LogP) is 4.63. The van der Waals surface area contributed by atoms with Gasteiger partial charge in [-0.1, -0.05) is 50.6 Å². The molecule has 0 saturated carbocycles. The van der Waals surface area contributed by atoms with Crippen molar-refractivity contribution in [3.63, 3.8) is 0 Å². The lowest BCUT2D eigenvalue weighted by Gasteiger charge is -2.35. The molecule has 1 aliphatic heterocycles. The van der Waals surface area contributed by atoms with Crippen LogP contribution < -0.4 is 5.73 Å². The van der Waals surface area contributed by atoms with Gasteiger partial charge in [0, 0.05) is 17.6 Å². The van der Waals surface area contributed by atoms with Crippen LogP contribution in [0.2, 0.25) is 5.02 Å². The zero-order valence-corrected chi connectivity index (χ0v) is 14.4. The molecule has 2 unspecified atom stereocenters. The Morgan fingerprint density at radius 2 is 1.90 bits per heavy atom. The number of hydrogen-bond acceptors (Lipinski definition) is 2. The fourth-order valence-corrected chi connectivity index (χ4v) is 3.92. The molecule has 118 valence electrons. The summed E-state index contributed by atoms with van der Waals surface area (Å²) in [5.41, 5.74) is 8.13. The van der Waals surface area contributed by atoms with Crippen LogP contribution >= 0.6 is 11.6 Å². The maximum atomic E-state index is 6.47. The molecule has 0 spiro atoms. The van der Waals surface area contributed by atoms with Gasteiger partial charge in [-0.2, -0.15) is 0 Å². The fourth-order valence-electron chi connectivity index (χ4n) is 3.67. The van der Waals surface area contributed by atoms with Gasteiger partial charge in [0.2, 0.25) is 0 Å². The molecule has 1 aromatic rings. The summed E-state index contributed by atoms with van der Waals surface area (Å²) in [4.78, 5) is 2.57. The van der Waals surface area contributed by atoms with E-state index in [9.17, 15) is 0 Å². The third-order valence-electron chi connectivity index (χ3n) is 5.46. The van der Waals surface area contributed by atoms with E-state index in [-0.39, 0.29) is 12.1 Å². The number of likely N-dealkylation sites (tertiary alicyclic amines) is 1. The molecular formula is C18H29ClN2. The van der Waals surface area contributed by atoms with E-state index in [0.717, 1.165) is 24.5 Å². The van der Waals surface area contributed by atoms with Crippen molar-refractivity contribution in [1.29, 1.82) is 0 Å². The van der Waals surface area contributed by atoms with E-state index in [2.05, 4.69) is 37.8 Å². The third kappa shape index (κ3) is 3.44. The zero-order chi connectivity index (χ0) is 15.5. The molecule has 0 amide bonds. The lowest BCUT2D eigenvalue weighted by atomic mass is 9.82. The first kappa shape index (κ1) is 16.8. The maximum Gasteiger partial charge on any atom is 0.0514 e. The topological polar surface area (TPSA) is 29.3 Å². The molecule has 21 heavy (non-hydrogen) atoms. The summed E-state index contributed by atoms with van der Waals surface area (Å²) < 4.78 is 0. The van der Waals surface area contributed by atoms with E-state index in [4.69, 9.17) is 17.3 Å². The molecule has 2 rings (SSSR count). The van der Waals surface area contributed by atoms with Gasteiger partial charge in [0.15, 0.2) is 0 Å². The highest BCUT2D eigenvalue weighted by molar-refractivity contribution is 6.31. The number of hydrogen-bond donors (Lipinski definition) is 1. The Morgan fingerprint density at radius 1 is 1.24 bits per heavy atom. The molecule has 0 aromatic heterocycles. The molecule has 0 bridgehead atoms. The Bertz CT molecular complexity index is 456. The first-order chi connectivity index (χ1) is 10.1. The summed E-state index contributed by atoms with van der Waals surface area (Å²) in [5.74, 6) is 0. The quantitative estimate of drug-likeness (QED) is 0.830. The van der Waals surface area contributed by atoms with Crippen LogP contribution in [0.25, 0.3) is 0 Å². The monoisotopic (exact) mass is 308 g/mol. The van der Waals surface area contributed by atoms with Gasteiger partial charge in [0.1, 0.15) is 0 Å². The summed E-state index contributed by atoms with van der Waals surface area (Å²) in [6.45, 7) is 9.07. The molecule has 2 N–H and O–H groups in total. The molecule has 1 heterocycles. The van der Waals surface area contributed by atoms with Gasteiger partial charge in [-0.05, 0) is 49.3 Å². The summed E-state index contributed by atoms with van der Waals surface area (Å²) in [7, 11) is 0. The number of halogens is 1. The van der Waals surface area contributed by atoms with Gasteiger partial charge in [0.05, 0.1) is 6.04 Å². The van der Waals surface area contributed by atoms with Gasteiger partial charge in [-0.15, -0.1) is 0 Å². The second kappa shape index (κ2) is 7.13. The molecule has 0 radical (unpaired) electrons. The molecule has 1 saturated heterocycles. The molecule has 1 aliphatic rings. The van der Waals surface area contributed by atoms with E-state index in [1.807, 2.05) is 12.1 Å². The molecule has 0 aliphatic carbocycles. The largest absolute Gasteiger partial charge is 0.326 e. The average Bonchev–Trinajstić information content (AvgIpc) is 2.94. The van der Waals surface area contributed by atoms with E-state index in [1.165, 1.54) is 24.8 Å². The third-order valence-corrected chi connectivity index (χ3v) is 5.81. The molecule has 2 atom stereocenters. The second-order valence-electron chi connectivity index (χ2n) is 6.47. The summed E-state index contributed by atoms with van der Waals surface area (Å²) in [6, 6.07) is 8.56. The average molecular weight is 309 g/mol. The Kier molecular flexibility index (Phi) is 5.70. The zero-order valence-electron chi connectivity index (χ0n) is 13.6. The van der Waals surface area contributed by atoms with Gasteiger partial charge >= 0.3 is 0 Å². The first-order valence-electron chi connectivity index (χ1n) is 8.31. The second-order valence-corrected chi connectivity index (χ2v) is 6.87. The summed E-state index contributed by atoms with van der Waals surface area (Å²) in [6.07, 6.45) is 4.74. The summed E-state index contributed by atoms with van der Waals surface area (Å²) in [5, 5.41) is 0.844. The minimum atomic E-state index is 0.134. The van der Waals surface area contributed by atoms with Crippen molar-refractivity contribution in [1.82, 2.24) is 4.90 Å². The van der Waals surface area contributed by atoms with Gasteiger partial charge in [-0.25, -0.2) is 0 Å². The first-order valence-corrected chi connectivity index (χ1v) is 8.68. The minimum absolute atomic E-state index is 0.134. The van der Waals surface area contributed by atoms with Crippen LogP contribution in [0.5, 0.6) is 0 Å². The maximum absolute atomic E-state index is 6.47. The Balaban J connectivity index is 2.29. The number of benzene rings is 1. The van der Waals surface area contributed by atoms with E-state index in [1.54, 1.807) is 0 Å². The van der Waals surface area contributed by atoms with E-state index < -0.39 is 0 Å². The van der Waals surface area contributed by atoms with Crippen LogP contribution in [-0.4, -0.2) is 24.0 Å². The number of rotatable bonds is 6. The Labute approximate surface area is 134 Å². The van der Waals surface area contributed by atoms with Crippen LogP contribution in [0.1, 0.15) is 58.1 Å². The molecule has 1 fully saturated rings. The Hall–Kier alpha value is -0.570. The van der Waals surface area contributed by atoms with E-state index >= 15 is 0 Å². The minimum Gasteiger partial charge on any atom is -0.326 e. The molecular weight excluding hydrogens is 280 g/mol. The predicted molar refractivity (Wildman–Crippen MR) is 91.7 cm³/mol. The fraction of sp³-hybridized carbons (Fsp3) is 0.667. The lowest BCUT2D eigenvalue weighted by Crippen LogP contribution is -2.41. The van der Waals surface area contributed by atoms with Crippen molar-refractivity contribution in [2.24, 2.45) is 11.1 Å². The van der Waals surface area contributed by atoms with Crippen molar-refractivity contribution < 1.29 is 0 Å². The number of nitrogens with two attached hydrogens (primary N) is 1. The van der Waals surface area contributed by atoms with Crippen molar-refractivity contribution >= 4 is 11.6 Å². The van der Waals surface area contributed by atoms with Gasteiger partial charge in [0.25, 0.3) is 0 Å². The van der Waals surface area contributed by atoms with Gasteiger partial charge < -0.3 is 5.73 Å². The summed E-state index contributed by atoms with van der Waals surface area (Å²) >= 11 is 6.46. The molecule has 1 aromatic carbocycles. The van der Waals surface area contributed by atoms with Crippen LogP contribution in [0.3, 0.4) is 0 Å². The van der Waals surface area contributed by atoms with Crippen molar-refractivity contribution in [3.05, 3.63) is 34.9 Å². The van der Waals surface area contributed by atoms with Gasteiger partial charge in [-0.3, -0.25) is 4.90 Å². The molecule has 3 heteroatoms. The SMILES string of the molecule is CCC(N)C(c1ccccc1Cl)N1CCC(CC)(CC)C1. The molecule has 2 nitrogen and oxygen atoms in total. The van der Waals surface area contributed by atoms with Crippen LogP contribution in [-0.2, 0) is 0 Å². The van der Waals surface area contributed by atoms with Crippen LogP contribution in [0, 0.1) is 5.41 Å². The highest BCUT2D eigenvalue weighted by Gasteiger charge is 2.39. The smallest absolute Gasteiger partial charge is 0.0514 e.